The van der Waals surface area contributed by atoms with Crippen LogP contribution < -0.4 is 15.8 Å². The second-order valence-corrected chi connectivity index (χ2v) is 8.38. The molecule has 9 heteroatoms. The molecule has 0 bridgehead atoms. The molecule has 1 aromatic rings. The van der Waals surface area contributed by atoms with Gasteiger partial charge >= 0.3 is 12.1 Å². The summed E-state index contributed by atoms with van der Waals surface area (Å²) in [6.07, 6.45) is 2.48. The van der Waals surface area contributed by atoms with E-state index in [2.05, 4.69) is 5.32 Å². The Morgan fingerprint density at radius 2 is 1.87 bits per heavy atom. The summed E-state index contributed by atoms with van der Waals surface area (Å²) < 4.78 is 25.1. The Morgan fingerprint density at radius 3 is 2.45 bits per heavy atom. The number of rotatable bonds is 13. The van der Waals surface area contributed by atoms with Gasteiger partial charge in [0.15, 0.2) is 11.6 Å². The van der Waals surface area contributed by atoms with Crippen LogP contribution in [0.25, 0.3) is 0 Å². The highest BCUT2D eigenvalue weighted by molar-refractivity contribution is 5.74. The first-order valence-electron chi connectivity index (χ1n) is 10.4. The highest BCUT2D eigenvalue weighted by atomic mass is 19.1. The van der Waals surface area contributed by atoms with E-state index < -0.39 is 35.4 Å². The highest BCUT2D eigenvalue weighted by Crippen LogP contribution is 2.20. The van der Waals surface area contributed by atoms with Crippen molar-refractivity contribution in [2.45, 2.75) is 77.4 Å². The Bertz CT molecular complexity index is 748. The number of nitrogens with one attached hydrogen (secondary N) is 1. The van der Waals surface area contributed by atoms with Crippen molar-refractivity contribution in [1.29, 1.82) is 0 Å². The third-order valence-corrected chi connectivity index (χ3v) is 4.25. The first-order valence-corrected chi connectivity index (χ1v) is 10.4. The quantitative estimate of drug-likeness (QED) is 0.403. The summed E-state index contributed by atoms with van der Waals surface area (Å²) in [6, 6.07) is 4.05. The topological polar surface area (TPSA) is 128 Å². The van der Waals surface area contributed by atoms with Crippen molar-refractivity contribution in [3.63, 3.8) is 0 Å². The molecule has 0 aliphatic rings. The number of aliphatic carboxylic acids is 1. The average molecular weight is 441 g/mol. The van der Waals surface area contributed by atoms with Crippen molar-refractivity contribution in [3.8, 4) is 5.75 Å². The number of aryl methyl sites for hydroxylation is 1. The van der Waals surface area contributed by atoms with Gasteiger partial charge in [-0.25, -0.2) is 9.18 Å². The van der Waals surface area contributed by atoms with Crippen molar-refractivity contribution < 1.29 is 33.4 Å². The number of hydrogen-bond donors (Lipinski definition) is 3. The van der Waals surface area contributed by atoms with Crippen LogP contribution in [-0.2, 0) is 20.7 Å². The molecule has 0 aliphatic carbocycles. The second kappa shape index (κ2) is 12.8. The molecule has 0 saturated carbocycles. The lowest BCUT2D eigenvalue weighted by atomic mass is 10.1. The summed E-state index contributed by atoms with van der Waals surface area (Å²) in [6.45, 7) is 5.12. The number of carboxylic acid groups (broad SMARTS) is 1. The van der Waals surface area contributed by atoms with E-state index in [0.29, 0.717) is 12.8 Å². The summed E-state index contributed by atoms with van der Waals surface area (Å²) in [5.74, 6) is -1.84. The van der Waals surface area contributed by atoms with E-state index in [0.717, 1.165) is 18.4 Å². The summed E-state index contributed by atoms with van der Waals surface area (Å²) in [4.78, 5) is 33.6. The lowest BCUT2D eigenvalue weighted by molar-refractivity contribution is -0.137. The van der Waals surface area contributed by atoms with Gasteiger partial charge in [0.05, 0.1) is 6.04 Å². The van der Waals surface area contributed by atoms with Gasteiger partial charge in [0.2, 0.25) is 5.91 Å². The van der Waals surface area contributed by atoms with Crippen molar-refractivity contribution in [2.24, 2.45) is 5.73 Å². The van der Waals surface area contributed by atoms with Crippen molar-refractivity contribution in [1.82, 2.24) is 5.32 Å². The van der Waals surface area contributed by atoms with Crippen molar-refractivity contribution in [2.75, 3.05) is 6.61 Å². The van der Waals surface area contributed by atoms with Crippen LogP contribution in [0.5, 0.6) is 5.75 Å². The molecule has 8 nitrogen and oxygen atoms in total. The molecule has 0 radical (unpaired) electrons. The van der Waals surface area contributed by atoms with Crippen LogP contribution in [0.15, 0.2) is 18.2 Å². The SMILES string of the molecule is CC(C)(C)OC(=O)N[C@@H](CCC(N)=O)COc1ccc(CCCCCC(=O)O)cc1F. The smallest absolute Gasteiger partial charge is 0.407 e. The summed E-state index contributed by atoms with van der Waals surface area (Å²) in [5.41, 5.74) is 5.29. The number of nitrogens with two attached hydrogens (primary N) is 1. The molecule has 0 aromatic heterocycles. The molecule has 4 N–H and O–H groups in total. The van der Waals surface area contributed by atoms with Gasteiger partial charge in [-0.15, -0.1) is 0 Å². The minimum atomic E-state index is -0.817. The van der Waals surface area contributed by atoms with E-state index in [-0.39, 0.29) is 31.6 Å². The molecule has 1 atom stereocenters. The van der Waals surface area contributed by atoms with Crippen molar-refractivity contribution >= 4 is 18.0 Å². The summed E-state index contributed by atoms with van der Waals surface area (Å²) in [7, 11) is 0. The van der Waals surface area contributed by atoms with Crippen LogP contribution in [0.3, 0.4) is 0 Å². The average Bonchev–Trinajstić information content (AvgIpc) is 2.62. The van der Waals surface area contributed by atoms with E-state index in [1.807, 2.05) is 0 Å². The van der Waals surface area contributed by atoms with Crippen LogP contribution in [0.1, 0.15) is 64.9 Å². The van der Waals surface area contributed by atoms with E-state index >= 15 is 0 Å². The molecule has 2 amide bonds. The first-order chi connectivity index (χ1) is 14.5. The zero-order chi connectivity index (χ0) is 23.4. The molecular formula is C22H33FN2O6. The number of carboxylic acids is 1. The number of halogens is 1. The molecule has 0 saturated heterocycles. The minimum absolute atomic E-state index is 0.0321. The fraction of sp³-hybridized carbons (Fsp3) is 0.591. The molecule has 0 spiro atoms. The number of hydrogen-bond acceptors (Lipinski definition) is 5. The van der Waals surface area contributed by atoms with Crippen molar-refractivity contribution in [3.05, 3.63) is 29.6 Å². The normalized spacial score (nSPS) is 12.1. The van der Waals surface area contributed by atoms with Gasteiger partial charge in [-0.05, 0) is 64.2 Å². The monoisotopic (exact) mass is 440 g/mol. The van der Waals surface area contributed by atoms with Crippen LogP contribution in [0, 0.1) is 5.82 Å². The molecule has 0 heterocycles. The molecule has 31 heavy (non-hydrogen) atoms. The lowest BCUT2D eigenvalue weighted by Crippen LogP contribution is -2.42. The van der Waals surface area contributed by atoms with Crippen LogP contribution >= 0.6 is 0 Å². The van der Waals surface area contributed by atoms with Gasteiger partial charge in [0.25, 0.3) is 0 Å². The number of benzene rings is 1. The Hall–Kier alpha value is -2.84. The number of amides is 2. The molecule has 1 rings (SSSR count). The molecule has 174 valence electrons. The fourth-order valence-corrected chi connectivity index (χ4v) is 2.78. The van der Waals surface area contributed by atoms with Crippen LogP contribution in [0.4, 0.5) is 9.18 Å². The predicted molar refractivity (Wildman–Crippen MR) is 113 cm³/mol. The zero-order valence-corrected chi connectivity index (χ0v) is 18.4. The summed E-state index contributed by atoms with van der Waals surface area (Å²) >= 11 is 0. The third kappa shape index (κ3) is 12.5. The minimum Gasteiger partial charge on any atom is -0.488 e. The maximum atomic E-state index is 14.4. The molecule has 0 aliphatic heterocycles. The molecular weight excluding hydrogens is 407 g/mol. The zero-order valence-electron chi connectivity index (χ0n) is 18.4. The molecule has 0 unspecified atom stereocenters. The fourth-order valence-electron chi connectivity index (χ4n) is 2.78. The second-order valence-electron chi connectivity index (χ2n) is 8.38. The Morgan fingerprint density at radius 1 is 1.16 bits per heavy atom. The third-order valence-electron chi connectivity index (χ3n) is 4.25. The number of carbonyl (C=O) groups is 3. The Balaban J connectivity index is 2.60. The van der Waals surface area contributed by atoms with Crippen LogP contribution in [0.2, 0.25) is 0 Å². The van der Waals surface area contributed by atoms with Gasteiger partial charge in [0.1, 0.15) is 12.2 Å². The Kier molecular flexibility index (Phi) is 10.8. The van der Waals surface area contributed by atoms with E-state index in [1.165, 1.54) is 12.1 Å². The maximum Gasteiger partial charge on any atom is 0.407 e. The van der Waals surface area contributed by atoms with Gasteiger partial charge in [-0.1, -0.05) is 12.5 Å². The van der Waals surface area contributed by atoms with Gasteiger partial charge in [-0.3, -0.25) is 9.59 Å². The first kappa shape index (κ1) is 26.2. The highest BCUT2D eigenvalue weighted by Gasteiger charge is 2.21. The van der Waals surface area contributed by atoms with E-state index in [9.17, 15) is 18.8 Å². The maximum absolute atomic E-state index is 14.4. The Labute approximate surface area is 182 Å². The van der Waals surface area contributed by atoms with E-state index in [4.69, 9.17) is 20.3 Å². The predicted octanol–water partition coefficient (Wildman–Crippen LogP) is 3.55. The lowest BCUT2D eigenvalue weighted by Gasteiger charge is -2.23. The number of carbonyl (C=O) groups excluding carboxylic acids is 2. The largest absolute Gasteiger partial charge is 0.488 e. The van der Waals surface area contributed by atoms with Gasteiger partial charge in [0, 0.05) is 12.8 Å². The number of primary amides is 1. The number of ether oxygens (including phenoxy) is 2. The molecule has 0 fully saturated rings. The van der Waals surface area contributed by atoms with Gasteiger partial charge < -0.3 is 25.6 Å². The standard InChI is InChI=1S/C22H33FN2O6/c1-22(2,3)31-21(29)25-16(10-12-19(24)26)14-30-18-11-9-15(13-17(18)23)7-5-4-6-8-20(27)28/h9,11,13,16H,4-8,10,12,14H2,1-3H3,(H2,24,26)(H,25,29)(H,27,28)/t16-/m0/s1. The molecule has 1 aromatic carbocycles. The van der Waals surface area contributed by atoms with Gasteiger partial charge in [-0.2, -0.15) is 0 Å². The van der Waals surface area contributed by atoms with E-state index in [1.54, 1.807) is 26.8 Å². The summed E-state index contributed by atoms with van der Waals surface area (Å²) in [5, 5.41) is 11.2. The van der Waals surface area contributed by atoms with Crippen LogP contribution in [-0.4, -0.2) is 41.3 Å². The number of alkyl carbamates (subject to hydrolysis) is 1. The number of unbranched alkanes of at least 4 members (excludes halogenated alkanes) is 2.